The summed E-state index contributed by atoms with van der Waals surface area (Å²) in [6.07, 6.45) is -0.744. The molecule has 0 fully saturated rings. The van der Waals surface area contributed by atoms with E-state index < -0.39 is 6.09 Å². The van der Waals surface area contributed by atoms with Crippen molar-refractivity contribution in [2.45, 2.75) is 5.92 Å². The molecule has 2 aromatic carbocycles. The number of fused-ring (bicyclic) bond motifs is 3. The van der Waals surface area contributed by atoms with E-state index in [9.17, 15) is 4.79 Å². The standard InChI is InChI=1S/C15H15N3O2/c16-18(17)15(19)20-9-14-12-7-3-1-5-10(12)11-6-2-4-8-13(11)14/h1-8,14H,9,16-17H2. The Kier molecular flexibility index (Phi) is 3.14. The summed E-state index contributed by atoms with van der Waals surface area (Å²) < 4.78 is 5.14. The molecule has 0 bridgehead atoms. The normalized spacial score (nSPS) is 12.7. The predicted octanol–water partition coefficient (Wildman–Crippen LogP) is 1.98. The van der Waals surface area contributed by atoms with Crippen molar-refractivity contribution in [3.63, 3.8) is 0 Å². The lowest BCUT2D eigenvalue weighted by molar-refractivity contribution is 0.100. The van der Waals surface area contributed by atoms with Crippen LogP contribution < -0.4 is 11.7 Å². The third kappa shape index (κ3) is 2.03. The van der Waals surface area contributed by atoms with Gasteiger partial charge in [0.05, 0.1) is 0 Å². The summed E-state index contributed by atoms with van der Waals surface area (Å²) in [7, 11) is 0. The zero-order valence-electron chi connectivity index (χ0n) is 10.8. The highest BCUT2D eigenvalue weighted by molar-refractivity contribution is 5.79. The van der Waals surface area contributed by atoms with Crippen molar-refractivity contribution < 1.29 is 9.53 Å². The van der Waals surface area contributed by atoms with Crippen LogP contribution >= 0.6 is 0 Å². The Balaban J connectivity index is 1.93. The van der Waals surface area contributed by atoms with Gasteiger partial charge < -0.3 is 4.74 Å². The summed E-state index contributed by atoms with van der Waals surface area (Å²) in [6.45, 7) is 0.220. The average Bonchev–Trinajstić information content (AvgIpc) is 2.79. The molecule has 20 heavy (non-hydrogen) atoms. The second kappa shape index (κ2) is 4.96. The number of rotatable bonds is 2. The molecular weight excluding hydrogens is 254 g/mol. The molecule has 0 radical (unpaired) electrons. The van der Waals surface area contributed by atoms with E-state index in [4.69, 9.17) is 16.4 Å². The summed E-state index contributed by atoms with van der Waals surface area (Å²) in [5.41, 5.74) is 4.67. The Labute approximate surface area is 116 Å². The molecule has 1 amide bonds. The Hall–Kier alpha value is -2.37. The van der Waals surface area contributed by atoms with Gasteiger partial charge in [0.25, 0.3) is 0 Å². The highest BCUT2D eigenvalue weighted by Crippen LogP contribution is 2.44. The summed E-state index contributed by atoms with van der Waals surface area (Å²) in [6, 6.07) is 16.2. The number of benzene rings is 2. The molecule has 0 aromatic heterocycles. The number of amides is 1. The highest BCUT2D eigenvalue weighted by Gasteiger charge is 2.29. The van der Waals surface area contributed by atoms with Crippen LogP contribution in [-0.4, -0.2) is 17.8 Å². The fourth-order valence-corrected chi connectivity index (χ4v) is 2.67. The Morgan fingerprint density at radius 3 is 2.00 bits per heavy atom. The molecular formula is C15H15N3O2. The van der Waals surface area contributed by atoms with Gasteiger partial charge in [0.1, 0.15) is 6.61 Å². The van der Waals surface area contributed by atoms with E-state index in [1.54, 1.807) is 0 Å². The summed E-state index contributed by atoms with van der Waals surface area (Å²) in [4.78, 5) is 11.4. The first-order valence-corrected chi connectivity index (χ1v) is 6.33. The van der Waals surface area contributed by atoms with Crippen LogP contribution in [-0.2, 0) is 4.74 Å². The second-order valence-corrected chi connectivity index (χ2v) is 4.71. The van der Waals surface area contributed by atoms with Crippen molar-refractivity contribution >= 4 is 6.09 Å². The molecule has 2 aromatic rings. The van der Waals surface area contributed by atoms with Gasteiger partial charge in [-0.25, -0.2) is 16.5 Å². The van der Waals surface area contributed by atoms with Crippen LogP contribution in [0.2, 0.25) is 0 Å². The maximum absolute atomic E-state index is 11.4. The number of carbonyl (C=O) groups is 1. The molecule has 102 valence electrons. The molecule has 3 rings (SSSR count). The van der Waals surface area contributed by atoms with Gasteiger partial charge in [-0.3, -0.25) is 0 Å². The van der Waals surface area contributed by atoms with Gasteiger partial charge >= 0.3 is 6.09 Å². The van der Waals surface area contributed by atoms with E-state index in [1.165, 1.54) is 11.1 Å². The van der Waals surface area contributed by atoms with Gasteiger partial charge in [-0.05, 0) is 22.3 Å². The quantitative estimate of drug-likeness (QED) is 0.496. The van der Waals surface area contributed by atoms with E-state index in [1.807, 2.05) is 24.3 Å². The lowest BCUT2D eigenvalue weighted by Crippen LogP contribution is -2.44. The van der Waals surface area contributed by atoms with Gasteiger partial charge in [-0.15, -0.1) is 0 Å². The first-order chi connectivity index (χ1) is 9.68. The van der Waals surface area contributed by atoms with E-state index in [-0.39, 0.29) is 12.5 Å². The van der Waals surface area contributed by atoms with Crippen molar-refractivity contribution in [1.82, 2.24) is 5.12 Å². The second-order valence-electron chi connectivity index (χ2n) is 4.71. The summed E-state index contributed by atoms with van der Waals surface area (Å²) in [5, 5.41) is 0.451. The molecule has 0 atom stereocenters. The summed E-state index contributed by atoms with van der Waals surface area (Å²) >= 11 is 0. The van der Waals surface area contributed by atoms with Crippen LogP contribution in [0.15, 0.2) is 48.5 Å². The molecule has 5 nitrogen and oxygen atoms in total. The fraction of sp³-hybridized carbons (Fsp3) is 0.133. The van der Waals surface area contributed by atoms with Gasteiger partial charge in [0.15, 0.2) is 0 Å². The molecule has 5 heteroatoms. The Bertz CT molecular complexity index is 610. The van der Waals surface area contributed by atoms with Crippen LogP contribution in [0.3, 0.4) is 0 Å². The number of hydrazine groups is 2. The zero-order valence-corrected chi connectivity index (χ0v) is 10.8. The lowest BCUT2D eigenvalue weighted by Gasteiger charge is -2.16. The van der Waals surface area contributed by atoms with Crippen molar-refractivity contribution in [1.29, 1.82) is 0 Å². The summed E-state index contributed by atoms with van der Waals surface area (Å²) in [5.74, 6) is 10.3. The molecule has 0 heterocycles. The van der Waals surface area contributed by atoms with Crippen molar-refractivity contribution in [2.24, 2.45) is 11.7 Å². The van der Waals surface area contributed by atoms with Crippen LogP contribution in [0.1, 0.15) is 17.0 Å². The molecule has 0 saturated heterocycles. The number of carbonyl (C=O) groups excluding carboxylic acids is 1. The molecule has 1 aliphatic rings. The smallest absolute Gasteiger partial charge is 0.439 e. The Morgan fingerprint density at radius 2 is 1.50 bits per heavy atom. The molecule has 0 spiro atoms. The van der Waals surface area contributed by atoms with E-state index in [0.717, 1.165) is 11.1 Å². The fourth-order valence-electron chi connectivity index (χ4n) is 2.67. The topological polar surface area (TPSA) is 81.6 Å². The Morgan fingerprint density at radius 1 is 1.00 bits per heavy atom. The molecule has 1 aliphatic carbocycles. The van der Waals surface area contributed by atoms with Gasteiger partial charge in [-0.2, -0.15) is 5.12 Å². The third-order valence-electron chi connectivity index (χ3n) is 3.55. The van der Waals surface area contributed by atoms with Gasteiger partial charge in [0.2, 0.25) is 0 Å². The average molecular weight is 269 g/mol. The van der Waals surface area contributed by atoms with Crippen LogP contribution in [0.25, 0.3) is 11.1 Å². The molecule has 0 aliphatic heterocycles. The third-order valence-corrected chi connectivity index (χ3v) is 3.55. The number of hydrogen-bond donors (Lipinski definition) is 2. The molecule has 0 unspecified atom stereocenters. The van der Waals surface area contributed by atoms with Crippen molar-refractivity contribution in [3.05, 3.63) is 59.7 Å². The molecule has 0 saturated carbocycles. The number of nitrogens with zero attached hydrogens (tertiary/aromatic N) is 1. The SMILES string of the molecule is NN(N)C(=O)OCC1c2ccccc2-c2ccccc21. The first kappa shape index (κ1) is 12.7. The van der Waals surface area contributed by atoms with Crippen molar-refractivity contribution in [2.75, 3.05) is 6.61 Å². The zero-order chi connectivity index (χ0) is 14.1. The largest absolute Gasteiger partial charge is 0.447 e. The number of hydrogen-bond acceptors (Lipinski definition) is 4. The first-order valence-electron chi connectivity index (χ1n) is 6.33. The molecule has 4 N–H and O–H groups in total. The van der Waals surface area contributed by atoms with Gasteiger partial charge in [-0.1, -0.05) is 48.5 Å². The van der Waals surface area contributed by atoms with Crippen LogP contribution in [0, 0.1) is 0 Å². The minimum absolute atomic E-state index is 0.0197. The maximum atomic E-state index is 11.4. The number of nitrogens with two attached hydrogens (primary N) is 2. The van der Waals surface area contributed by atoms with Crippen LogP contribution in [0.5, 0.6) is 0 Å². The van der Waals surface area contributed by atoms with E-state index >= 15 is 0 Å². The van der Waals surface area contributed by atoms with Gasteiger partial charge in [0, 0.05) is 5.92 Å². The monoisotopic (exact) mass is 269 g/mol. The number of ether oxygens (including phenoxy) is 1. The van der Waals surface area contributed by atoms with Crippen LogP contribution in [0.4, 0.5) is 4.79 Å². The van der Waals surface area contributed by atoms with Crippen molar-refractivity contribution in [3.8, 4) is 11.1 Å². The van der Waals surface area contributed by atoms with E-state index in [2.05, 4.69) is 24.3 Å². The minimum atomic E-state index is -0.744. The minimum Gasteiger partial charge on any atom is -0.447 e. The lowest BCUT2D eigenvalue weighted by atomic mass is 9.98. The predicted molar refractivity (Wildman–Crippen MR) is 75.3 cm³/mol. The van der Waals surface area contributed by atoms with E-state index in [0.29, 0.717) is 5.12 Å². The highest BCUT2D eigenvalue weighted by atomic mass is 16.6. The maximum Gasteiger partial charge on any atom is 0.439 e.